The highest BCUT2D eigenvalue weighted by Gasteiger charge is 2.12. The monoisotopic (exact) mass is 456 g/mol. The molecule has 0 atom stereocenters. The number of carbonyl (C=O) groups excluding carboxylic acids is 2. The van der Waals surface area contributed by atoms with Crippen LogP contribution in [0.3, 0.4) is 0 Å². The van der Waals surface area contributed by atoms with Crippen LogP contribution >= 0.6 is 11.8 Å². The number of hydrogen-bond acceptors (Lipinski definition) is 4. The Morgan fingerprint density at radius 1 is 0.970 bits per heavy atom. The smallest absolute Gasteiger partial charge is 0.251 e. The number of nitrogens with zero attached hydrogens (tertiary/aromatic N) is 2. The summed E-state index contributed by atoms with van der Waals surface area (Å²) in [4.78, 5) is 29.4. The zero-order valence-corrected chi connectivity index (χ0v) is 19.0. The summed E-state index contributed by atoms with van der Waals surface area (Å²) in [5, 5.41) is 6.53. The average Bonchev–Trinajstić information content (AvgIpc) is 3.31. The van der Waals surface area contributed by atoms with Gasteiger partial charge in [-0.15, -0.1) is 0 Å². The van der Waals surface area contributed by atoms with E-state index in [0.717, 1.165) is 22.5 Å². The van der Waals surface area contributed by atoms with Gasteiger partial charge in [-0.1, -0.05) is 60.3 Å². The van der Waals surface area contributed by atoms with Gasteiger partial charge in [-0.25, -0.2) is 4.98 Å². The van der Waals surface area contributed by atoms with E-state index in [1.807, 2.05) is 90.5 Å². The van der Waals surface area contributed by atoms with Crippen LogP contribution in [0.15, 0.2) is 96.4 Å². The van der Waals surface area contributed by atoms with Crippen molar-refractivity contribution in [2.75, 3.05) is 11.1 Å². The van der Waals surface area contributed by atoms with E-state index in [2.05, 4.69) is 15.6 Å². The summed E-state index contributed by atoms with van der Waals surface area (Å²) in [5.41, 5.74) is 4.27. The van der Waals surface area contributed by atoms with Gasteiger partial charge in [-0.2, -0.15) is 0 Å². The number of rotatable bonds is 8. The van der Waals surface area contributed by atoms with Gasteiger partial charge < -0.3 is 10.6 Å². The number of thioether (sulfide) groups is 1. The molecule has 0 fully saturated rings. The van der Waals surface area contributed by atoms with E-state index in [4.69, 9.17) is 0 Å². The molecule has 166 valence electrons. The lowest BCUT2D eigenvalue weighted by atomic mass is 10.1. The number of aromatic nitrogens is 2. The second-order valence-corrected chi connectivity index (χ2v) is 8.45. The molecule has 4 aromatic rings. The predicted octanol–water partition coefficient (Wildman–Crippen LogP) is 4.84. The van der Waals surface area contributed by atoms with Crippen LogP contribution in [0.4, 0.5) is 5.69 Å². The van der Waals surface area contributed by atoms with Crippen molar-refractivity contribution in [1.82, 2.24) is 14.9 Å². The lowest BCUT2D eigenvalue weighted by Crippen LogP contribution is -2.22. The summed E-state index contributed by atoms with van der Waals surface area (Å²) < 4.78 is 1.87. The zero-order chi connectivity index (χ0) is 23.0. The molecule has 0 radical (unpaired) electrons. The topological polar surface area (TPSA) is 76.0 Å². The van der Waals surface area contributed by atoms with Gasteiger partial charge in [0.1, 0.15) is 0 Å². The lowest BCUT2D eigenvalue weighted by molar-refractivity contribution is -0.113. The fourth-order valence-corrected chi connectivity index (χ4v) is 4.09. The minimum absolute atomic E-state index is 0.103. The Balaban J connectivity index is 1.39. The van der Waals surface area contributed by atoms with Gasteiger partial charge in [0.05, 0.1) is 5.75 Å². The SMILES string of the molecule is Cc1cccc(NC(=O)CSc2nccn2-c2cccc(C(=O)NCc3ccccc3)c2)c1. The maximum Gasteiger partial charge on any atom is 0.251 e. The van der Waals surface area contributed by atoms with Crippen molar-refractivity contribution >= 4 is 29.3 Å². The molecular formula is C26H24N4O2S. The molecule has 0 saturated carbocycles. The number of nitrogens with one attached hydrogen (secondary N) is 2. The largest absolute Gasteiger partial charge is 0.348 e. The highest BCUT2D eigenvalue weighted by Crippen LogP contribution is 2.22. The Kier molecular flexibility index (Phi) is 7.22. The standard InChI is InChI=1S/C26H24N4O2S/c1-19-7-5-11-22(15-19)29-24(31)18-33-26-27-13-14-30(26)23-12-6-10-21(16-23)25(32)28-17-20-8-3-2-4-9-20/h2-16H,17-18H2,1H3,(H,28,32)(H,29,31). The molecule has 0 aliphatic heterocycles. The minimum atomic E-state index is -0.146. The van der Waals surface area contributed by atoms with Crippen LogP contribution < -0.4 is 10.6 Å². The molecule has 3 aromatic carbocycles. The third-order valence-electron chi connectivity index (χ3n) is 4.92. The van der Waals surface area contributed by atoms with Crippen LogP contribution in [-0.2, 0) is 11.3 Å². The van der Waals surface area contributed by atoms with Gasteiger partial charge >= 0.3 is 0 Å². The number of imidazole rings is 1. The van der Waals surface area contributed by atoms with Crippen LogP contribution in [-0.4, -0.2) is 27.1 Å². The van der Waals surface area contributed by atoms with Crippen molar-refractivity contribution in [3.63, 3.8) is 0 Å². The van der Waals surface area contributed by atoms with E-state index >= 15 is 0 Å². The van der Waals surface area contributed by atoms with E-state index in [9.17, 15) is 9.59 Å². The van der Waals surface area contributed by atoms with Gasteiger partial charge in [0, 0.05) is 35.9 Å². The summed E-state index contributed by atoms with van der Waals surface area (Å²) in [6, 6.07) is 24.8. The molecule has 7 heteroatoms. The summed E-state index contributed by atoms with van der Waals surface area (Å²) in [5.74, 6) is -0.0240. The summed E-state index contributed by atoms with van der Waals surface area (Å²) >= 11 is 1.34. The normalized spacial score (nSPS) is 10.6. The Bertz CT molecular complexity index is 1250. The van der Waals surface area contributed by atoms with Gasteiger partial charge in [0.25, 0.3) is 5.91 Å². The van der Waals surface area contributed by atoms with E-state index in [-0.39, 0.29) is 17.6 Å². The number of carbonyl (C=O) groups is 2. The first kappa shape index (κ1) is 22.4. The van der Waals surface area contributed by atoms with Gasteiger partial charge in [-0.3, -0.25) is 14.2 Å². The van der Waals surface area contributed by atoms with Crippen molar-refractivity contribution in [3.8, 4) is 5.69 Å². The molecule has 0 saturated heterocycles. The fraction of sp³-hybridized carbons (Fsp3) is 0.115. The summed E-state index contributed by atoms with van der Waals surface area (Å²) in [6.45, 7) is 2.45. The molecule has 0 unspecified atom stereocenters. The first-order valence-corrected chi connectivity index (χ1v) is 11.5. The first-order chi connectivity index (χ1) is 16.1. The van der Waals surface area contributed by atoms with Crippen molar-refractivity contribution in [2.24, 2.45) is 0 Å². The molecule has 1 aromatic heterocycles. The molecule has 2 N–H and O–H groups in total. The number of amides is 2. The highest BCUT2D eigenvalue weighted by atomic mass is 32.2. The molecule has 1 heterocycles. The molecule has 0 aliphatic carbocycles. The van der Waals surface area contributed by atoms with Gasteiger partial charge in [-0.05, 0) is 48.4 Å². The minimum Gasteiger partial charge on any atom is -0.348 e. The maximum absolute atomic E-state index is 12.6. The molecular weight excluding hydrogens is 432 g/mol. The predicted molar refractivity (Wildman–Crippen MR) is 132 cm³/mol. The first-order valence-electron chi connectivity index (χ1n) is 10.5. The second-order valence-electron chi connectivity index (χ2n) is 7.50. The molecule has 0 aliphatic rings. The highest BCUT2D eigenvalue weighted by molar-refractivity contribution is 7.99. The third kappa shape index (κ3) is 6.11. The molecule has 6 nitrogen and oxygen atoms in total. The average molecular weight is 457 g/mol. The van der Waals surface area contributed by atoms with E-state index < -0.39 is 0 Å². The maximum atomic E-state index is 12.6. The fourth-order valence-electron chi connectivity index (χ4n) is 3.32. The zero-order valence-electron chi connectivity index (χ0n) is 18.2. The van der Waals surface area contributed by atoms with Crippen molar-refractivity contribution < 1.29 is 9.59 Å². The van der Waals surface area contributed by atoms with Crippen molar-refractivity contribution in [3.05, 3.63) is 108 Å². The third-order valence-corrected chi connectivity index (χ3v) is 5.89. The number of anilines is 1. The number of hydrogen-bond donors (Lipinski definition) is 2. The summed E-state index contributed by atoms with van der Waals surface area (Å²) in [6.07, 6.45) is 3.50. The Labute approximate surface area is 197 Å². The Morgan fingerprint density at radius 3 is 2.61 bits per heavy atom. The molecule has 0 spiro atoms. The molecule has 0 bridgehead atoms. The van der Waals surface area contributed by atoms with Crippen molar-refractivity contribution in [1.29, 1.82) is 0 Å². The van der Waals surface area contributed by atoms with Crippen LogP contribution in [0.25, 0.3) is 5.69 Å². The van der Waals surface area contributed by atoms with Crippen LogP contribution in [0.5, 0.6) is 0 Å². The number of benzene rings is 3. The molecule has 4 rings (SSSR count). The van der Waals surface area contributed by atoms with E-state index in [1.54, 1.807) is 12.3 Å². The van der Waals surface area contributed by atoms with Crippen LogP contribution in [0.1, 0.15) is 21.5 Å². The second kappa shape index (κ2) is 10.7. The van der Waals surface area contributed by atoms with Crippen molar-refractivity contribution in [2.45, 2.75) is 18.6 Å². The van der Waals surface area contributed by atoms with Crippen LogP contribution in [0.2, 0.25) is 0 Å². The van der Waals surface area contributed by atoms with E-state index in [0.29, 0.717) is 17.3 Å². The molecule has 33 heavy (non-hydrogen) atoms. The Morgan fingerprint density at radius 2 is 1.79 bits per heavy atom. The van der Waals surface area contributed by atoms with Gasteiger partial charge in [0.2, 0.25) is 5.91 Å². The van der Waals surface area contributed by atoms with Gasteiger partial charge in [0.15, 0.2) is 5.16 Å². The molecule has 2 amide bonds. The number of aryl methyl sites for hydroxylation is 1. The quantitative estimate of drug-likeness (QED) is 0.372. The van der Waals surface area contributed by atoms with E-state index in [1.165, 1.54) is 11.8 Å². The Hall–Kier alpha value is -3.84. The van der Waals surface area contributed by atoms with Crippen LogP contribution in [0, 0.1) is 6.92 Å². The lowest BCUT2D eigenvalue weighted by Gasteiger charge is -2.10. The summed E-state index contributed by atoms with van der Waals surface area (Å²) in [7, 11) is 0.